The Morgan fingerprint density at radius 1 is 1.00 bits per heavy atom. The molecular weight excluding hydrogens is 536 g/mol. The van der Waals surface area contributed by atoms with E-state index >= 15 is 0 Å². The molecule has 8 nitrogen and oxygen atoms in total. The number of aliphatic hydroxyl groups excluding tert-OH is 2. The summed E-state index contributed by atoms with van der Waals surface area (Å²) in [5, 5.41) is 22.5. The Morgan fingerprint density at radius 3 is 2.36 bits per heavy atom. The van der Waals surface area contributed by atoms with E-state index in [4.69, 9.17) is 9.84 Å². The van der Waals surface area contributed by atoms with Crippen LogP contribution in [0.1, 0.15) is 42.3 Å². The predicted molar refractivity (Wildman–Crippen MR) is 156 cm³/mol. The summed E-state index contributed by atoms with van der Waals surface area (Å²) in [7, 11) is -3.83. The average Bonchev–Trinajstić information content (AvgIpc) is 2.92. The number of sulfonamides is 1. The molecular formula is C29H36N2O6S2. The minimum absolute atomic E-state index is 0.0583. The largest absolute Gasteiger partial charge is 0.492 e. The quantitative estimate of drug-likeness (QED) is 0.159. The standard InChI is InChI=1S/C29H36N2O6S2/c1-21(2)38-28-19-24(11-14-26(28)29(34)31-39(35,36)18-6-16-32)22-9-12-25(13-10-22)37-17-15-30-20-27(33)23-7-4-3-5-8-23/h3-5,7-14,19,21,27,30,32-33H,6,15-18,20H2,1-2H3,(H,31,34)/t27-/m1/s1. The highest BCUT2D eigenvalue weighted by atomic mass is 32.2. The lowest BCUT2D eigenvalue weighted by Crippen LogP contribution is -2.33. The zero-order valence-electron chi connectivity index (χ0n) is 22.2. The number of thioether (sulfide) groups is 1. The minimum atomic E-state index is -3.83. The highest BCUT2D eigenvalue weighted by Gasteiger charge is 2.20. The fraction of sp³-hybridized carbons (Fsp3) is 0.345. The lowest BCUT2D eigenvalue weighted by atomic mass is 10.0. The summed E-state index contributed by atoms with van der Waals surface area (Å²) in [5.74, 6) is -0.290. The van der Waals surface area contributed by atoms with E-state index in [-0.39, 0.29) is 29.6 Å². The van der Waals surface area contributed by atoms with Gasteiger partial charge in [-0.15, -0.1) is 11.8 Å². The Hall–Kier alpha value is -2.89. The van der Waals surface area contributed by atoms with Crippen LogP contribution >= 0.6 is 11.8 Å². The van der Waals surface area contributed by atoms with Gasteiger partial charge in [-0.3, -0.25) is 4.79 Å². The summed E-state index contributed by atoms with van der Waals surface area (Å²) >= 11 is 1.48. The van der Waals surface area contributed by atoms with Crippen molar-refractivity contribution in [2.45, 2.75) is 36.5 Å². The summed E-state index contributed by atoms with van der Waals surface area (Å²) in [4.78, 5) is 13.5. The fourth-order valence-corrected chi connectivity index (χ4v) is 5.75. The summed E-state index contributed by atoms with van der Waals surface area (Å²) in [6.45, 7) is 5.20. The Labute approximate surface area is 234 Å². The van der Waals surface area contributed by atoms with Crippen molar-refractivity contribution in [1.82, 2.24) is 10.0 Å². The van der Waals surface area contributed by atoms with Gasteiger partial charge in [0.05, 0.1) is 17.4 Å². The van der Waals surface area contributed by atoms with Crippen molar-refractivity contribution in [3.63, 3.8) is 0 Å². The molecule has 0 heterocycles. The van der Waals surface area contributed by atoms with Crippen molar-refractivity contribution in [1.29, 1.82) is 0 Å². The molecule has 39 heavy (non-hydrogen) atoms. The molecule has 0 saturated heterocycles. The number of hydrogen-bond acceptors (Lipinski definition) is 8. The van der Waals surface area contributed by atoms with Crippen LogP contribution in [0.15, 0.2) is 77.7 Å². The molecule has 10 heteroatoms. The normalized spacial score (nSPS) is 12.3. The van der Waals surface area contributed by atoms with Crippen molar-refractivity contribution < 1.29 is 28.2 Å². The van der Waals surface area contributed by atoms with Gasteiger partial charge in [0.2, 0.25) is 10.0 Å². The van der Waals surface area contributed by atoms with Gasteiger partial charge in [0.1, 0.15) is 12.4 Å². The first-order valence-corrected chi connectivity index (χ1v) is 15.3. The van der Waals surface area contributed by atoms with Crippen molar-refractivity contribution >= 4 is 27.7 Å². The number of carbonyl (C=O) groups is 1. The van der Waals surface area contributed by atoms with Gasteiger partial charge in [0.25, 0.3) is 5.91 Å². The van der Waals surface area contributed by atoms with E-state index in [1.165, 1.54) is 11.8 Å². The lowest BCUT2D eigenvalue weighted by molar-refractivity contribution is 0.0978. The van der Waals surface area contributed by atoms with Crippen LogP contribution in [0, 0.1) is 0 Å². The Balaban J connectivity index is 1.59. The molecule has 3 aromatic carbocycles. The number of nitrogens with one attached hydrogen (secondary N) is 2. The number of hydrogen-bond donors (Lipinski definition) is 4. The van der Waals surface area contributed by atoms with E-state index in [2.05, 4.69) is 10.0 Å². The molecule has 0 bridgehead atoms. The maximum absolute atomic E-state index is 12.8. The zero-order valence-corrected chi connectivity index (χ0v) is 23.8. The molecule has 3 aromatic rings. The molecule has 0 saturated carbocycles. The second-order valence-electron chi connectivity index (χ2n) is 9.21. The topological polar surface area (TPSA) is 125 Å². The summed E-state index contributed by atoms with van der Waals surface area (Å²) in [6, 6.07) is 22.4. The molecule has 1 atom stereocenters. The molecule has 4 N–H and O–H groups in total. The van der Waals surface area contributed by atoms with Crippen LogP contribution in [0.4, 0.5) is 0 Å². The molecule has 0 radical (unpaired) electrons. The van der Waals surface area contributed by atoms with E-state index in [0.717, 1.165) is 16.7 Å². The first-order chi connectivity index (χ1) is 18.7. The highest BCUT2D eigenvalue weighted by Crippen LogP contribution is 2.32. The van der Waals surface area contributed by atoms with Crippen LogP contribution in [0.25, 0.3) is 11.1 Å². The molecule has 0 aliphatic heterocycles. The molecule has 3 rings (SSSR count). The van der Waals surface area contributed by atoms with Gasteiger partial charge in [-0.2, -0.15) is 0 Å². The average molecular weight is 573 g/mol. The summed E-state index contributed by atoms with van der Waals surface area (Å²) in [5.41, 5.74) is 2.98. The van der Waals surface area contributed by atoms with Gasteiger partial charge in [-0.05, 0) is 47.4 Å². The van der Waals surface area contributed by atoms with Crippen molar-refractivity contribution in [3.05, 3.63) is 83.9 Å². The molecule has 210 valence electrons. The monoisotopic (exact) mass is 572 g/mol. The lowest BCUT2D eigenvalue weighted by Gasteiger charge is -2.14. The maximum atomic E-state index is 12.8. The number of carbonyl (C=O) groups excluding carboxylic acids is 1. The van der Waals surface area contributed by atoms with Gasteiger partial charge < -0.3 is 20.3 Å². The predicted octanol–water partition coefficient (Wildman–Crippen LogP) is 4.00. The molecule has 0 aliphatic carbocycles. The summed E-state index contributed by atoms with van der Waals surface area (Å²) < 4.78 is 32.2. The molecule has 0 unspecified atom stereocenters. The van der Waals surface area contributed by atoms with Crippen LogP contribution in [-0.2, 0) is 10.0 Å². The Kier molecular flexibility index (Phi) is 11.8. The Bertz CT molecular complexity index is 1300. The van der Waals surface area contributed by atoms with E-state index < -0.39 is 22.0 Å². The molecule has 0 aliphatic rings. The third kappa shape index (κ3) is 9.98. The van der Waals surface area contributed by atoms with Gasteiger partial charge in [0.15, 0.2) is 0 Å². The van der Waals surface area contributed by atoms with Crippen molar-refractivity contribution in [2.75, 3.05) is 32.1 Å². The second-order valence-corrected chi connectivity index (χ2v) is 12.7. The molecule has 0 aromatic heterocycles. The van der Waals surface area contributed by atoms with Crippen molar-refractivity contribution in [2.24, 2.45) is 0 Å². The smallest absolute Gasteiger partial charge is 0.265 e. The Morgan fingerprint density at radius 2 is 1.69 bits per heavy atom. The van der Waals surface area contributed by atoms with Crippen LogP contribution in [0.2, 0.25) is 0 Å². The number of amides is 1. The molecule has 1 amide bonds. The van der Waals surface area contributed by atoms with Crippen LogP contribution in [-0.4, -0.2) is 61.8 Å². The second kappa shape index (κ2) is 15.0. The maximum Gasteiger partial charge on any atom is 0.265 e. The van der Waals surface area contributed by atoms with Gasteiger partial charge in [0, 0.05) is 29.8 Å². The minimum Gasteiger partial charge on any atom is -0.492 e. The van der Waals surface area contributed by atoms with E-state index in [1.54, 1.807) is 12.1 Å². The van der Waals surface area contributed by atoms with E-state index in [1.807, 2.05) is 74.5 Å². The number of rotatable bonds is 15. The van der Waals surface area contributed by atoms with E-state index in [9.17, 15) is 18.3 Å². The molecule has 0 spiro atoms. The summed E-state index contributed by atoms with van der Waals surface area (Å²) in [6.07, 6.45) is -0.514. The van der Waals surface area contributed by atoms with Gasteiger partial charge in [-0.25, -0.2) is 13.1 Å². The van der Waals surface area contributed by atoms with Crippen LogP contribution in [0.3, 0.4) is 0 Å². The van der Waals surface area contributed by atoms with Gasteiger partial charge in [-0.1, -0.05) is 62.4 Å². The van der Waals surface area contributed by atoms with Crippen LogP contribution in [0.5, 0.6) is 5.75 Å². The SMILES string of the molecule is CC(C)Sc1cc(-c2ccc(OCCNC[C@@H](O)c3ccccc3)cc2)ccc1C(=O)NS(=O)(=O)CCCO. The number of aliphatic hydroxyl groups is 2. The highest BCUT2D eigenvalue weighted by molar-refractivity contribution is 8.00. The van der Waals surface area contributed by atoms with Gasteiger partial charge >= 0.3 is 0 Å². The fourth-order valence-electron chi connectivity index (χ4n) is 3.76. The third-order valence-electron chi connectivity index (χ3n) is 5.67. The third-order valence-corrected chi connectivity index (χ3v) is 8.05. The molecule has 0 fully saturated rings. The van der Waals surface area contributed by atoms with E-state index in [0.29, 0.717) is 30.3 Å². The number of ether oxygens (including phenoxy) is 1. The number of benzene rings is 3. The van der Waals surface area contributed by atoms with Crippen molar-refractivity contribution in [3.8, 4) is 16.9 Å². The zero-order chi connectivity index (χ0) is 28.3. The first-order valence-electron chi connectivity index (χ1n) is 12.8. The van der Waals surface area contributed by atoms with Crippen LogP contribution < -0.4 is 14.8 Å². The first kappa shape index (κ1) is 30.6.